The van der Waals surface area contributed by atoms with Crippen LogP contribution in [0.15, 0.2) is 36.4 Å². The van der Waals surface area contributed by atoms with Gasteiger partial charge in [-0.3, -0.25) is 14.5 Å². The van der Waals surface area contributed by atoms with Gasteiger partial charge in [0.25, 0.3) is 0 Å². The van der Waals surface area contributed by atoms with Crippen LogP contribution < -0.4 is 0 Å². The number of nitrogens with zero attached hydrogens (tertiary/aromatic N) is 6. The van der Waals surface area contributed by atoms with E-state index in [4.69, 9.17) is 5.10 Å². The van der Waals surface area contributed by atoms with E-state index in [0.29, 0.717) is 0 Å². The van der Waals surface area contributed by atoms with Crippen molar-refractivity contribution in [3.8, 4) is 0 Å². The van der Waals surface area contributed by atoms with Crippen LogP contribution in [0.3, 0.4) is 0 Å². The third-order valence-electron chi connectivity index (χ3n) is 4.95. The van der Waals surface area contributed by atoms with Gasteiger partial charge in [0, 0.05) is 39.3 Å². The largest absolute Gasteiger partial charge is 0.296 e. The maximum Gasteiger partial charge on any atom is 0.105 e. The number of aromatic nitrogens is 4. The Bertz CT molecular complexity index is 928. The highest BCUT2D eigenvalue weighted by Gasteiger charge is 2.16. The highest BCUT2D eigenvalue weighted by atomic mass is 32.1. The second-order valence-corrected chi connectivity index (χ2v) is 7.80. The molecule has 27 heavy (non-hydrogen) atoms. The molecule has 0 unspecified atom stereocenters. The minimum absolute atomic E-state index is 0.849. The molecule has 1 aliphatic rings. The highest BCUT2D eigenvalue weighted by Crippen LogP contribution is 2.17. The molecule has 0 saturated heterocycles. The average Bonchev–Trinajstić information content (AvgIpc) is 3.21. The van der Waals surface area contributed by atoms with Gasteiger partial charge >= 0.3 is 0 Å². The Morgan fingerprint density at radius 3 is 2.93 bits per heavy atom. The molecule has 0 fully saturated rings. The summed E-state index contributed by atoms with van der Waals surface area (Å²) in [5.74, 6) is 0. The summed E-state index contributed by atoms with van der Waals surface area (Å²) in [6, 6.07) is 8.61. The zero-order valence-corrected chi connectivity index (χ0v) is 16.8. The van der Waals surface area contributed by atoms with Crippen LogP contribution in [0.4, 0.5) is 0 Å². The molecular weight excluding hydrogens is 356 g/mol. The first kappa shape index (κ1) is 18.3. The summed E-state index contributed by atoms with van der Waals surface area (Å²) in [6.45, 7) is 7.96. The number of hydrogen-bond acceptors (Lipinski definition) is 6. The van der Waals surface area contributed by atoms with Crippen LogP contribution in [0.25, 0.3) is 11.0 Å². The van der Waals surface area contributed by atoms with E-state index in [2.05, 4.69) is 73.6 Å². The third-order valence-corrected chi connectivity index (χ3v) is 5.50. The first-order chi connectivity index (χ1) is 13.2. The van der Waals surface area contributed by atoms with E-state index in [0.717, 1.165) is 62.4 Å². The van der Waals surface area contributed by atoms with Crippen molar-refractivity contribution in [2.24, 2.45) is 0 Å². The van der Waals surface area contributed by atoms with E-state index in [1.165, 1.54) is 23.0 Å². The molecule has 4 rings (SSSR count). The number of fused-ring (bicyclic) bond motifs is 2. The zero-order valence-electron chi connectivity index (χ0n) is 16.0. The molecule has 0 aliphatic carbocycles. The fourth-order valence-electron chi connectivity index (χ4n) is 3.65. The molecule has 0 spiro atoms. The summed E-state index contributed by atoms with van der Waals surface area (Å²) in [5.41, 5.74) is 5.70. The van der Waals surface area contributed by atoms with Crippen LogP contribution in [-0.4, -0.2) is 48.5 Å². The smallest absolute Gasteiger partial charge is 0.105 e. The molecule has 1 aliphatic heterocycles. The van der Waals surface area contributed by atoms with Gasteiger partial charge in [-0.2, -0.15) is 13.8 Å². The van der Waals surface area contributed by atoms with Crippen molar-refractivity contribution >= 4 is 22.8 Å². The van der Waals surface area contributed by atoms with Gasteiger partial charge in [-0.05, 0) is 44.2 Å². The minimum atomic E-state index is 0.849. The van der Waals surface area contributed by atoms with E-state index in [-0.39, 0.29) is 0 Å². The van der Waals surface area contributed by atoms with Crippen LogP contribution >= 0.6 is 11.7 Å². The first-order valence-electron chi connectivity index (χ1n) is 9.50. The molecule has 0 saturated carbocycles. The number of allylic oxidation sites excluding steroid dienone is 1. The van der Waals surface area contributed by atoms with Crippen molar-refractivity contribution in [2.75, 3.05) is 20.1 Å². The second-order valence-electron chi connectivity index (χ2n) is 7.27. The Morgan fingerprint density at radius 2 is 2.04 bits per heavy atom. The average molecular weight is 383 g/mol. The van der Waals surface area contributed by atoms with Gasteiger partial charge in [-0.1, -0.05) is 18.2 Å². The van der Waals surface area contributed by atoms with Gasteiger partial charge in [0.2, 0.25) is 0 Å². The molecule has 0 N–H and O–H groups in total. The summed E-state index contributed by atoms with van der Waals surface area (Å²) in [5, 5.41) is 4.86. The predicted molar refractivity (Wildman–Crippen MR) is 110 cm³/mol. The van der Waals surface area contributed by atoms with Crippen molar-refractivity contribution in [3.05, 3.63) is 53.4 Å². The fourth-order valence-corrected chi connectivity index (χ4v) is 4.16. The van der Waals surface area contributed by atoms with Crippen molar-refractivity contribution in [3.63, 3.8) is 0 Å². The lowest BCUT2D eigenvalue weighted by Gasteiger charge is -2.17. The maximum atomic E-state index is 4.86. The number of aryl methyl sites for hydroxylation is 1. The van der Waals surface area contributed by atoms with E-state index < -0.39 is 0 Å². The van der Waals surface area contributed by atoms with Gasteiger partial charge in [0.05, 0.1) is 23.1 Å². The van der Waals surface area contributed by atoms with Gasteiger partial charge in [-0.25, -0.2) is 0 Å². The summed E-state index contributed by atoms with van der Waals surface area (Å²) in [6.07, 6.45) is 5.51. The fraction of sp³-hybridized carbons (Fsp3) is 0.450. The van der Waals surface area contributed by atoms with Crippen molar-refractivity contribution < 1.29 is 0 Å². The predicted octanol–water partition coefficient (Wildman–Crippen LogP) is 3.30. The monoisotopic (exact) mass is 382 g/mol. The number of benzene rings is 1. The normalized spacial score (nSPS) is 15.7. The summed E-state index contributed by atoms with van der Waals surface area (Å²) >= 11 is 1.27. The lowest BCUT2D eigenvalue weighted by molar-refractivity contribution is 0.298. The molecular formula is C20H26N6S. The molecule has 3 heterocycles. The van der Waals surface area contributed by atoms with Gasteiger partial charge < -0.3 is 0 Å². The van der Waals surface area contributed by atoms with Gasteiger partial charge in [0.15, 0.2) is 0 Å². The van der Waals surface area contributed by atoms with Crippen LogP contribution in [0.1, 0.15) is 30.3 Å². The Hall–Kier alpha value is -2.09. The van der Waals surface area contributed by atoms with E-state index in [1.54, 1.807) is 0 Å². The Kier molecular flexibility index (Phi) is 5.61. The van der Waals surface area contributed by atoms with Crippen molar-refractivity contribution in [1.82, 2.24) is 28.3 Å². The minimum Gasteiger partial charge on any atom is -0.296 e. The van der Waals surface area contributed by atoms with E-state index >= 15 is 0 Å². The quantitative estimate of drug-likeness (QED) is 0.612. The van der Waals surface area contributed by atoms with E-state index in [9.17, 15) is 0 Å². The molecule has 7 heteroatoms. The zero-order chi connectivity index (χ0) is 18.6. The maximum absolute atomic E-state index is 4.86. The van der Waals surface area contributed by atoms with Crippen LogP contribution in [-0.2, 0) is 26.2 Å². The Balaban J connectivity index is 1.40. The van der Waals surface area contributed by atoms with Gasteiger partial charge in [-0.15, -0.1) is 0 Å². The first-order valence-corrected chi connectivity index (χ1v) is 10.2. The summed E-state index contributed by atoms with van der Waals surface area (Å²) in [4.78, 5) is 4.80. The Labute approximate surface area is 164 Å². The number of hydrogen-bond donors (Lipinski definition) is 0. The lowest BCUT2D eigenvalue weighted by Crippen LogP contribution is -2.23. The second kappa shape index (κ2) is 8.29. The molecule has 0 radical (unpaired) electrons. The molecule has 2 aromatic heterocycles. The Morgan fingerprint density at radius 1 is 1.15 bits per heavy atom. The topological polar surface area (TPSA) is 50.1 Å². The summed E-state index contributed by atoms with van der Waals surface area (Å²) < 4.78 is 10.8. The lowest BCUT2D eigenvalue weighted by atomic mass is 10.2. The van der Waals surface area contributed by atoms with Crippen LogP contribution in [0.2, 0.25) is 0 Å². The number of rotatable bonds is 6. The standard InChI is InChI=1S/C20H26N6S/c1-3-4-8-25-9-5-10-26-18(15-25)12-17(21-26)14-24(2)13-16-6-7-19-20(11-16)23-27-22-19/h3-4,6-7,11-12H,5,8-10,13-15H2,1-2H3/b4-3+. The highest BCUT2D eigenvalue weighted by molar-refractivity contribution is 7.00. The SMILES string of the molecule is C/C=C/CN1CCCn2nc(CN(C)Cc3ccc4nsnc4c3)cc2C1. The third kappa shape index (κ3) is 4.43. The molecule has 3 aromatic rings. The van der Waals surface area contributed by atoms with Crippen LogP contribution in [0, 0.1) is 0 Å². The van der Waals surface area contributed by atoms with Crippen molar-refractivity contribution in [2.45, 2.75) is 39.5 Å². The molecule has 6 nitrogen and oxygen atoms in total. The molecule has 1 aromatic carbocycles. The van der Waals surface area contributed by atoms with Crippen molar-refractivity contribution in [1.29, 1.82) is 0 Å². The van der Waals surface area contributed by atoms with E-state index in [1.807, 2.05) is 0 Å². The summed E-state index contributed by atoms with van der Waals surface area (Å²) in [7, 11) is 2.15. The van der Waals surface area contributed by atoms with Crippen LogP contribution in [0.5, 0.6) is 0 Å². The molecule has 0 atom stereocenters. The molecule has 142 valence electrons. The molecule has 0 bridgehead atoms. The molecule has 0 amide bonds. The van der Waals surface area contributed by atoms with Gasteiger partial charge in [0.1, 0.15) is 11.0 Å².